The highest BCUT2D eigenvalue weighted by atomic mass is 32.2. The van der Waals surface area contributed by atoms with Crippen LogP contribution in [0.3, 0.4) is 0 Å². The highest BCUT2D eigenvalue weighted by molar-refractivity contribution is 7.89. The smallest absolute Gasteiger partial charge is 0.246 e. The monoisotopic (exact) mass is 319 g/mol. The van der Waals surface area contributed by atoms with Crippen molar-refractivity contribution in [3.8, 4) is 0 Å². The minimum Gasteiger partial charge on any atom is -0.409 e. The predicted octanol–water partition coefficient (Wildman–Crippen LogP) is 0.599. The van der Waals surface area contributed by atoms with Crippen LogP contribution in [0.15, 0.2) is 34.3 Å². The van der Waals surface area contributed by atoms with Crippen LogP contribution in [0.2, 0.25) is 0 Å². The van der Waals surface area contributed by atoms with Gasteiger partial charge in [-0.3, -0.25) is 0 Å². The average Bonchev–Trinajstić information content (AvgIpc) is 2.46. The third-order valence-corrected chi connectivity index (χ3v) is 4.68. The topological polar surface area (TPSA) is 105 Å². The van der Waals surface area contributed by atoms with Crippen LogP contribution >= 0.6 is 0 Å². The lowest BCUT2D eigenvalue weighted by Crippen LogP contribution is -2.36. The van der Waals surface area contributed by atoms with Crippen molar-refractivity contribution in [1.29, 1.82) is 0 Å². The van der Waals surface area contributed by atoms with Crippen LogP contribution in [0, 0.1) is 5.82 Å². The minimum absolute atomic E-state index is 0.0217. The Labute approximate surface area is 122 Å². The molecule has 21 heavy (non-hydrogen) atoms. The van der Waals surface area contributed by atoms with Gasteiger partial charge in [-0.1, -0.05) is 17.3 Å². The minimum atomic E-state index is -4.02. The molecule has 0 atom stereocenters. The van der Waals surface area contributed by atoms with Crippen molar-refractivity contribution in [2.45, 2.75) is 11.3 Å². The Morgan fingerprint density at radius 1 is 1.43 bits per heavy atom. The van der Waals surface area contributed by atoms with Gasteiger partial charge in [-0.05, 0) is 12.1 Å². The van der Waals surface area contributed by atoms with Gasteiger partial charge in [-0.25, -0.2) is 12.8 Å². The first-order valence-electron chi connectivity index (χ1n) is 6.13. The van der Waals surface area contributed by atoms with Gasteiger partial charge in [0.15, 0.2) is 0 Å². The summed E-state index contributed by atoms with van der Waals surface area (Å²) in [6.07, 6.45) is 0.0217. The number of ether oxygens (including phenoxy) is 1. The number of hydrogen-bond acceptors (Lipinski definition) is 5. The summed E-state index contributed by atoms with van der Waals surface area (Å²) in [6.45, 7) is 0.131. The van der Waals surface area contributed by atoms with Crippen molar-refractivity contribution in [3.63, 3.8) is 0 Å². The average molecular weight is 319 g/mol. The summed E-state index contributed by atoms with van der Waals surface area (Å²) in [4.78, 5) is -0.416. The number of halogens is 1. The highest BCUT2D eigenvalue weighted by Gasteiger charge is 2.26. The lowest BCUT2D eigenvalue weighted by Gasteiger charge is -2.21. The molecular formula is C12H18FN3O4S. The standard InChI is InChI=1S/C12H18FN3O4S/c1-20-9-8-16(7-6-12(14)15-17)21(18,19)11-5-3-2-4-10(11)13/h2-5,17H,6-9H2,1H3,(H2,14,15). The van der Waals surface area contributed by atoms with E-state index in [0.29, 0.717) is 0 Å². The number of hydrogen-bond donors (Lipinski definition) is 2. The second kappa shape index (κ2) is 7.91. The van der Waals surface area contributed by atoms with E-state index in [2.05, 4.69) is 5.16 Å². The first kappa shape index (κ1) is 17.3. The second-order valence-electron chi connectivity index (χ2n) is 4.17. The van der Waals surface area contributed by atoms with Gasteiger partial charge in [-0.2, -0.15) is 4.31 Å². The van der Waals surface area contributed by atoms with Crippen molar-refractivity contribution < 1.29 is 22.8 Å². The molecule has 0 spiro atoms. The maximum absolute atomic E-state index is 13.7. The van der Waals surface area contributed by atoms with Crippen molar-refractivity contribution in [3.05, 3.63) is 30.1 Å². The second-order valence-corrected chi connectivity index (χ2v) is 6.08. The van der Waals surface area contributed by atoms with Gasteiger partial charge in [0.2, 0.25) is 10.0 Å². The van der Waals surface area contributed by atoms with Gasteiger partial charge < -0.3 is 15.7 Å². The molecule has 0 fully saturated rings. The fraction of sp³-hybridized carbons (Fsp3) is 0.417. The molecule has 0 saturated heterocycles. The molecule has 9 heteroatoms. The largest absolute Gasteiger partial charge is 0.409 e. The molecule has 0 aliphatic rings. The fourth-order valence-corrected chi connectivity index (χ4v) is 3.12. The molecule has 0 aromatic heterocycles. The van der Waals surface area contributed by atoms with Crippen LogP contribution in [0.25, 0.3) is 0 Å². The van der Waals surface area contributed by atoms with Crippen LogP contribution in [0.4, 0.5) is 4.39 Å². The lowest BCUT2D eigenvalue weighted by molar-refractivity contribution is 0.179. The first-order valence-corrected chi connectivity index (χ1v) is 7.57. The molecule has 3 N–H and O–H groups in total. The Morgan fingerprint density at radius 2 is 2.10 bits per heavy atom. The van der Waals surface area contributed by atoms with Gasteiger partial charge in [0, 0.05) is 26.6 Å². The van der Waals surface area contributed by atoms with Gasteiger partial charge in [0.05, 0.1) is 6.61 Å². The number of sulfonamides is 1. The van der Waals surface area contributed by atoms with Crippen molar-refractivity contribution in [2.24, 2.45) is 10.9 Å². The quantitative estimate of drug-likeness (QED) is 0.316. The summed E-state index contributed by atoms with van der Waals surface area (Å²) in [5.41, 5.74) is 5.33. The molecule has 1 aromatic carbocycles. The van der Waals surface area contributed by atoms with E-state index in [4.69, 9.17) is 15.7 Å². The number of nitrogens with two attached hydrogens (primary N) is 1. The molecule has 7 nitrogen and oxygen atoms in total. The van der Waals surface area contributed by atoms with Gasteiger partial charge in [0.1, 0.15) is 16.5 Å². The Bertz CT molecular complexity index is 592. The molecule has 0 amide bonds. The normalized spacial score (nSPS) is 12.8. The summed E-state index contributed by atoms with van der Waals surface area (Å²) >= 11 is 0. The predicted molar refractivity (Wildman–Crippen MR) is 75.1 cm³/mol. The number of nitrogens with zero attached hydrogens (tertiary/aromatic N) is 2. The van der Waals surface area contributed by atoms with Crippen LogP contribution in [-0.2, 0) is 14.8 Å². The first-order chi connectivity index (χ1) is 9.93. The Morgan fingerprint density at radius 3 is 2.67 bits per heavy atom. The molecule has 0 saturated carbocycles. The number of methoxy groups -OCH3 is 1. The Hall–Kier alpha value is -1.71. The van der Waals surface area contributed by atoms with E-state index < -0.39 is 20.7 Å². The zero-order valence-electron chi connectivity index (χ0n) is 11.6. The van der Waals surface area contributed by atoms with E-state index in [1.807, 2.05) is 0 Å². The number of rotatable bonds is 8. The molecule has 0 bridgehead atoms. The number of amidine groups is 1. The maximum atomic E-state index is 13.7. The Kier molecular flexibility index (Phi) is 6.53. The molecule has 118 valence electrons. The zero-order valence-corrected chi connectivity index (χ0v) is 12.4. The van der Waals surface area contributed by atoms with Crippen LogP contribution in [0.5, 0.6) is 0 Å². The molecule has 0 radical (unpaired) electrons. The SMILES string of the molecule is COCCN(CCC(N)=NO)S(=O)(=O)c1ccccc1F. The fourth-order valence-electron chi connectivity index (χ4n) is 1.63. The van der Waals surface area contributed by atoms with E-state index in [1.165, 1.54) is 25.3 Å². The van der Waals surface area contributed by atoms with Gasteiger partial charge in [-0.15, -0.1) is 0 Å². The summed E-state index contributed by atoms with van der Waals surface area (Å²) in [7, 11) is -2.59. The van der Waals surface area contributed by atoms with E-state index in [0.717, 1.165) is 10.4 Å². The molecule has 1 aromatic rings. The van der Waals surface area contributed by atoms with Crippen LogP contribution in [0.1, 0.15) is 6.42 Å². The van der Waals surface area contributed by atoms with E-state index in [1.54, 1.807) is 0 Å². The van der Waals surface area contributed by atoms with Gasteiger partial charge >= 0.3 is 0 Å². The summed E-state index contributed by atoms with van der Waals surface area (Å²) < 4.78 is 44.5. The molecular weight excluding hydrogens is 301 g/mol. The lowest BCUT2D eigenvalue weighted by atomic mass is 10.3. The number of oxime groups is 1. The Balaban J connectivity index is 3.03. The summed E-state index contributed by atoms with van der Waals surface area (Å²) in [6, 6.07) is 5.11. The molecule has 0 aliphatic heterocycles. The zero-order chi connectivity index (χ0) is 15.9. The summed E-state index contributed by atoms with van der Waals surface area (Å²) in [5.74, 6) is -0.940. The third-order valence-electron chi connectivity index (χ3n) is 2.75. The third kappa shape index (κ3) is 4.66. The van der Waals surface area contributed by atoms with Crippen molar-refractivity contribution >= 4 is 15.9 Å². The highest BCUT2D eigenvalue weighted by Crippen LogP contribution is 2.19. The summed E-state index contributed by atoms with van der Waals surface area (Å²) in [5, 5.41) is 11.3. The van der Waals surface area contributed by atoms with Crippen molar-refractivity contribution in [2.75, 3.05) is 26.8 Å². The van der Waals surface area contributed by atoms with Crippen LogP contribution < -0.4 is 5.73 Å². The maximum Gasteiger partial charge on any atom is 0.246 e. The molecule has 0 heterocycles. The van der Waals surface area contributed by atoms with Crippen molar-refractivity contribution in [1.82, 2.24) is 4.31 Å². The van der Waals surface area contributed by atoms with Crippen LogP contribution in [-0.4, -0.2) is 50.6 Å². The van der Waals surface area contributed by atoms with E-state index >= 15 is 0 Å². The van der Waals surface area contributed by atoms with E-state index in [-0.39, 0.29) is 32.0 Å². The number of benzene rings is 1. The molecule has 0 unspecified atom stereocenters. The van der Waals surface area contributed by atoms with E-state index in [9.17, 15) is 12.8 Å². The molecule has 0 aliphatic carbocycles. The van der Waals surface area contributed by atoms with Gasteiger partial charge in [0.25, 0.3) is 0 Å². The molecule has 1 rings (SSSR count).